The van der Waals surface area contributed by atoms with Gasteiger partial charge in [-0.1, -0.05) is 56.9 Å². The van der Waals surface area contributed by atoms with Crippen molar-refractivity contribution in [2.45, 2.75) is 88.2 Å². The Morgan fingerprint density at radius 3 is 2.60 bits per heavy atom. The lowest BCUT2D eigenvalue weighted by molar-refractivity contribution is -0.144. The summed E-state index contributed by atoms with van der Waals surface area (Å²) < 4.78 is 4.88. The molecule has 1 aromatic rings. The molecule has 1 saturated carbocycles. The summed E-state index contributed by atoms with van der Waals surface area (Å²) in [7, 11) is 0. The van der Waals surface area contributed by atoms with Crippen molar-refractivity contribution in [2.24, 2.45) is 5.92 Å². The number of halogens is 1. The standard InChI is InChI=1S/C24H37ClO5/c1-2-3-4-8-21(27)17-10-12-18(13-11-17)24-19(20(25)16-22(24)28)7-5-6-9-23(29)30-15-14-26/h10-13,19-22,24,26-28H,2-9,14-16H2,1H3/t19-,20+,21-,22+,24+/m0/s1. The van der Waals surface area contributed by atoms with E-state index in [1.165, 1.54) is 0 Å². The van der Waals surface area contributed by atoms with Crippen LogP contribution < -0.4 is 0 Å². The van der Waals surface area contributed by atoms with Gasteiger partial charge in [0.05, 0.1) is 18.8 Å². The van der Waals surface area contributed by atoms with Crippen molar-refractivity contribution in [3.8, 4) is 0 Å². The maximum Gasteiger partial charge on any atom is 0.305 e. The third kappa shape index (κ3) is 7.52. The zero-order chi connectivity index (χ0) is 21.9. The van der Waals surface area contributed by atoms with E-state index in [0.29, 0.717) is 19.3 Å². The number of aliphatic hydroxyl groups is 3. The molecular formula is C24H37ClO5. The highest BCUT2D eigenvalue weighted by Crippen LogP contribution is 2.45. The lowest BCUT2D eigenvalue weighted by atomic mass is 9.83. The summed E-state index contributed by atoms with van der Waals surface area (Å²) in [5.74, 6) is -0.168. The Hall–Kier alpha value is -1.14. The Bertz CT molecular complexity index is 621. The molecular weight excluding hydrogens is 404 g/mol. The largest absolute Gasteiger partial charge is 0.463 e. The van der Waals surface area contributed by atoms with Crippen molar-refractivity contribution in [2.75, 3.05) is 13.2 Å². The van der Waals surface area contributed by atoms with Crippen molar-refractivity contribution in [1.82, 2.24) is 0 Å². The number of rotatable bonds is 13. The maximum absolute atomic E-state index is 11.6. The minimum Gasteiger partial charge on any atom is -0.463 e. The van der Waals surface area contributed by atoms with Gasteiger partial charge in [-0.25, -0.2) is 0 Å². The van der Waals surface area contributed by atoms with Gasteiger partial charge < -0.3 is 20.1 Å². The van der Waals surface area contributed by atoms with Crippen LogP contribution in [0.4, 0.5) is 0 Å². The molecule has 0 saturated heterocycles. The second-order valence-electron chi connectivity index (χ2n) is 8.38. The fourth-order valence-electron chi connectivity index (χ4n) is 4.47. The summed E-state index contributed by atoms with van der Waals surface area (Å²) in [5.41, 5.74) is 1.98. The minimum absolute atomic E-state index is 0.0277. The first kappa shape index (κ1) is 25.1. The molecule has 3 N–H and O–H groups in total. The fraction of sp³-hybridized carbons (Fsp3) is 0.708. The van der Waals surface area contributed by atoms with Crippen molar-refractivity contribution < 1.29 is 24.9 Å². The second kappa shape index (κ2) is 13.3. The van der Waals surface area contributed by atoms with Crippen LogP contribution in [0, 0.1) is 5.92 Å². The molecule has 0 spiro atoms. The zero-order valence-corrected chi connectivity index (χ0v) is 18.8. The summed E-state index contributed by atoms with van der Waals surface area (Å²) in [4.78, 5) is 11.6. The van der Waals surface area contributed by atoms with E-state index in [9.17, 15) is 15.0 Å². The maximum atomic E-state index is 11.6. The van der Waals surface area contributed by atoms with E-state index in [0.717, 1.165) is 49.7 Å². The van der Waals surface area contributed by atoms with Gasteiger partial charge >= 0.3 is 5.97 Å². The van der Waals surface area contributed by atoms with Gasteiger partial charge in [0.25, 0.3) is 0 Å². The number of alkyl halides is 1. The molecule has 0 aromatic heterocycles. The Kier molecular flexibility index (Phi) is 11.1. The number of benzene rings is 1. The van der Waals surface area contributed by atoms with Gasteiger partial charge in [0, 0.05) is 17.7 Å². The number of hydrogen-bond acceptors (Lipinski definition) is 5. The SMILES string of the molecule is CCCCC[C@H](O)c1ccc([C@@H]2[C@@H](CCCCC(=O)OCCO)[C@H](Cl)C[C@H]2O)cc1. The molecule has 30 heavy (non-hydrogen) atoms. The molecule has 0 aliphatic heterocycles. The van der Waals surface area contributed by atoms with Crippen LogP contribution in [0.15, 0.2) is 24.3 Å². The number of ether oxygens (including phenoxy) is 1. The predicted molar refractivity (Wildman–Crippen MR) is 119 cm³/mol. The Labute approximate surface area is 185 Å². The Balaban J connectivity index is 1.91. The van der Waals surface area contributed by atoms with E-state index in [1.54, 1.807) is 0 Å². The molecule has 5 atom stereocenters. The highest BCUT2D eigenvalue weighted by atomic mass is 35.5. The molecule has 0 radical (unpaired) electrons. The van der Waals surface area contributed by atoms with E-state index in [4.69, 9.17) is 21.4 Å². The highest BCUT2D eigenvalue weighted by molar-refractivity contribution is 6.21. The number of esters is 1. The quantitative estimate of drug-likeness (QED) is 0.239. The summed E-state index contributed by atoms with van der Waals surface area (Å²) >= 11 is 6.56. The summed E-state index contributed by atoms with van der Waals surface area (Å²) in [6.45, 7) is 2.04. The molecule has 0 amide bonds. The molecule has 1 fully saturated rings. The number of carbonyl (C=O) groups is 1. The molecule has 0 unspecified atom stereocenters. The average Bonchev–Trinajstić information content (AvgIpc) is 3.02. The smallest absolute Gasteiger partial charge is 0.305 e. The molecule has 0 heterocycles. The van der Waals surface area contributed by atoms with E-state index < -0.39 is 12.2 Å². The molecule has 170 valence electrons. The van der Waals surface area contributed by atoms with Crippen molar-refractivity contribution in [3.05, 3.63) is 35.4 Å². The van der Waals surface area contributed by atoms with Gasteiger partial charge in [0.1, 0.15) is 6.61 Å². The summed E-state index contributed by atoms with van der Waals surface area (Å²) in [6, 6.07) is 7.96. The molecule has 6 heteroatoms. The Morgan fingerprint density at radius 2 is 1.93 bits per heavy atom. The van der Waals surface area contributed by atoms with Crippen LogP contribution in [-0.4, -0.2) is 46.0 Å². The topological polar surface area (TPSA) is 87.0 Å². The number of hydrogen-bond donors (Lipinski definition) is 3. The monoisotopic (exact) mass is 440 g/mol. The first-order valence-electron chi connectivity index (χ1n) is 11.3. The molecule has 1 aliphatic carbocycles. The van der Waals surface area contributed by atoms with Crippen LogP contribution in [0.1, 0.15) is 87.9 Å². The fourth-order valence-corrected chi connectivity index (χ4v) is 4.93. The van der Waals surface area contributed by atoms with Gasteiger partial charge in [-0.2, -0.15) is 0 Å². The molecule has 0 bridgehead atoms. The lowest BCUT2D eigenvalue weighted by Crippen LogP contribution is -2.19. The molecule has 2 rings (SSSR count). The minimum atomic E-state index is -0.479. The lowest BCUT2D eigenvalue weighted by Gasteiger charge is -2.24. The third-order valence-electron chi connectivity index (χ3n) is 6.12. The number of carbonyl (C=O) groups excluding carboxylic acids is 1. The van der Waals surface area contributed by atoms with Crippen LogP contribution >= 0.6 is 11.6 Å². The first-order chi connectivity index (χ1) is 14.5. The van der Waals surface area contributed by atoms with Gasteiger partial charge in [-0.15, -0.1) is 11.6 Å². The first-order valence-corrected chi connectivity index (χ1v) is 11.8. The Morgan fingerprint density at radius 1 is 1.20 bits per heavy atom. The van der Waals surface area contributed by atoms with Gasteiger partial charge in [0.2, 0.25) is 0 Å². The summed E-state index contributed by atoms with van der Waals surface area (Å²) in [6.07, 6.45) is 6.40. The van der Waals surface area contributed by atoms with Crippen molar-refractivity contribution in [1.29, 1.82) is 0 Å². The van der Waals surface area contributed by atoms with Crippen LogP contribution in [0.25, 0.3) is 0 Å². The van der Waals surface area contributed by atoms with Crippen molar-refractivity contribution in [3.63, 3.8) is 0 Å². The molecule has 1 aliphatic rings. The average molecular weight is 441 g/mol. The number of unbranched alkanes of at least 4 members (excludes halogenated alkanes) is 3. The van der Waals surface area contributed by atoms with Crippen LogP contribution in [0.5, 0.6) is 0 Å². The zero-order valence-electron chi connectivity index (χ0n) is 18.0. The van der Waals surface area contributed by atoms with Gasteiger partial charge in [-0.05, 0) is 42.7 Å². The van der Waals surface area contributed by atoms with Crippen LogP contribution in [0.2, 0.25) is 0 Å². The van der Waals surface area contributed by atoms with Gasteiger partial charge in [0.15, 0.2) is 0 Å². The predicted octanol–water partition coefficient (Wildman–Crippen LogP) is 4.47. The van der Waals surface area contributed by atoms with Crippen LogP contribution in [0.3, 0.4) is 0 Å². The van der Waals surface area contributed by atoms with Crippen molar-refractivity contribution >= 4 is 17.6 Å². The number of aliphatic hydroxyl groups excluding tert-OH is 3. The third-order valence-corrected chi connectivity index (χ3v) is 6.62. The van der Waals surface area contributed by atoms with Gasteiger partial charge in [-0.3, -0.25) is 4.79 Å². The van der Waals surface area contributed by atoms with E-state index in [-0.39, 0.29) is 36.4 Å². The molecule has 5 nitrogen and oxygen atoms in total. The summed E-state index contributed by atoms with van der Waals surface area (Å²) in [5, 5.41) is 29.6. The van der Waals surface area contributed by atoms with Crippen LogP contribution in [-0.2, 0) is 9.53 Å². The highest BCUT2D eigenvalue weighted by Gasteiger charge is 2.41. The van der Waals surface area contributed by atoms with E-state index >= 15 is 0 Å². The van der Waals surface area contributed by atoms with E-state index in [1.807, 2.05) is 24.3 Å². The molecule has 1 aromatic carbocycles. The normalized spacial score (nSPS) is 24.7. The second-order valence-corrected chi connectivity index (χ2v) is 8.94. The van der Waals surface area contributed by atoms with E-state index in [2.05, 4.69) is 6.92 Å².